The van der Waals surface area contributed by atoms with Crippen LogP contribution in [0.15, 0.2) is 82.2 Å². The highest BCUT2D eigenvalue weighted by molar-refractivity contribution is 9.10. The molecule has 3 rings (SSSR count). The van der Waals surface area contributed by atoms with Gasteiger partial charge in [-0.25, -0.2) is 8.42 Å². The monoisotopic (exact) mass is 449 g/mol. The van der Waals surface area contributed by atoms with Crippen LogP contribution in [-0.2, 0) is 10.0 Å². The van der Waals surface area contributed by atoms with Gasteiger partial charge in [-0.15, -0.1) is 0 Å². The van der Waals surface area contributed by atoms with E-state index in [0.717, 1.165) is 21.2 Å². The van der Waals surface area contributed by atoms with Gasteiger partial charge in [-0.2, -0.15) is 4.72 Å². The van der Waals surface area contributed by atoms with Gasteiger partial charge >= 0.3 is 0 Å². The molecule has 1 N–H and O–H groups in total. The summed E-state index contributed by atoms with van der Waals surface area (Å²) in [6.07, 6.45) is 0. The van der Waals surface area contributed by atoms with Gasteiger partial charge in [0.15, 0.2) is 0 Å². The fraction of sp³-hybridized carbons (Fsp3) is 0.100. The standard InChI is InChI=1S/C20H17BrClNO2S/c1-14-6-12-17(13-7-14)26(24,25)23-20(15-8-10-16(22)11-9-15)18-4-2-3-5-19(18)21/h2-13,20,23H,1H3/t20-/m0/s1. The zero-order valence-corrected chi connectivity index (χ0v) is 17.1. The van der Waals surface area contributed by atoms with E-state index in [1.165, 1.54) is 0 Å². The van der Waals surface area contributed by atoms with E-state index in [1.54, 1.807) is 36.4 Å². The number of hydrogen-bond donors (Lipinski definition) is 1. The Hall–Kier alpha value is -1.66. The van der Waals surface area contributed by atoms with Gasteiger partial charge in [0, 0.05) is 9.50 Å². The molecule has 0 saturated carbocycles. The Balaban J connectivity index is 2.05. The van der Waals surface area contributed by atoms with Crippen molar-refractivity contribution in [2.45, 2.75) is 17.9 Å². The Morgan fingerprint density at radius 3 is 2.15 bits per heavy atom. The zero-order valence-electron chi connectivity index (χ0n) is 14.0. The number of rotatable bonds is 5. The molecule has 0 aliphatic heterocycles. The van der Waals surface area contributed by atoms with Crippen molar-refractivity contribution in [2.75, 3.05) is 0 Å². The average molecular weight is 451 g/mol. The van der Waals surface area contributed by atoms with E-state index in [2.05, 4.69) is 20.7 Å². The third-order valence-corrected chi connectivity index (χ3v) is 6.44. The average Bonchev–Trinajstić information content (AvgIpc) is 2.62. The molecule has 3 aromatic rings. The lowest BCUT2D eigenvalue weighted by Gasteiger charge is -2.21. The Bertz CT molecular complexity index is 1000. The number of halogens is 2. The fourth-order valence-corrected chi connectivity index (χ4v) is 4.46. The maximum absolute atomic E-state index is 12.9. The molecule has 0 bridgehead atoms. The second-order valence-corrected chi connectivity index (χ2v) is 8.95. The summed E-state index contributed by atoms with van der Waals surface area (Å²) < 4.78 is 29.5. The van der Waals surface area contributed by atoms with Crippen molar-refractivity contribution in [1.82, 2.24) is 4.72 Å². The van der Waals surface area contributed by atoms with E-state index in [0.29, 0.717) is 5.02 Å². The normalized spacial score (nSPS) is 12.7. The molecule has 0 aromatic heterocycles. The molecule has 0 amide bonds. The van der Waals surface area contributed by atoms with Crippen LogP contribution in [0.3, 0.4) is 0 Å². The summed E-state index contributed by atoms with van der Waals surface area (Å²) in [6.45, 7) is 1.92. The lowest BCUT2D eigenvalue weighted by atomic mass is 10.00. The molecule has 0 heterocycles. The lowest BCUT2D eigenvalue weighted by Crippen LogP contribution is -2.29. The molecule has 0 fully saturated rings. The van der Waals surface area contributed by atoms with E-state index in [9.17, 15) is 8.42 Å². The summed E-state index contributed by atoms with van der Waals surface area (Å²) in [5.41, 5.74) is 2.63. The van der Waals surface area contributed by atoms with Crippen LogP contribution in [-0.4, -0.2) is 8.42 Å². The third kappa shape index (κ3) is 4.35. The van der Waals surface area contributed by atoms with Gasteiger partial charge < -0.3 is 0 Å². The predicted octanol–water partition coefficient (Wildman–Crippen LogP) is 5.48. The minimum atomic E-state index is -3.70. The molecule has 0 radical (unpaired) electrons. The van der Waals surface area contributed by atoms with Gasteiger partial charge in [0.1, 0.15) is 0 Å². The first-order valence-corrected chi connectivity index (χ1v) is 10.6. The van der Waals surface area contributed by atoms with Crippen molar-refractivity contribution in [3.05, 3.63) is 99.0 Å². The smallest absolute Gasteiger partial charge is 0.207 e. The third-order valence-electron chi connectivity index (χ3n) is 4.02. The summed E-state index contributed by atoms with van der Waals surface area (Å²) in [7, 11) is -3.70. The minimum Gasteiger partial charge on any atom is -0.207 e. The Labute approximate surface area is 167 Å². The van der Waals surface area contributed by atoms with Gasteiger partial charge in [-0.1, -0.05) is 75.6 Å². The van der Waals surface area contributed by atoms with Crippen LogP contribution < -0.4 is 4.72 Å². The molecule has 0 spiro atoms. The second kappa shape index (κ2) is 7.92. The highest BCUT2D eigenvalue weighted by Gasteiger charge is 2.24. The topological polar surface area (TPSA) is 46.2 Å². The van der Waals surface area contributed by atoms with Crippen LogP contribution in [0, 0.1) is 6.92 Å². The molecule has 3 aromatic carbocycles. The summed E-state index contributed by atoms with van der Waals surface area (Å²) in [4.78, 5) is 0.231. The SMILES string of the molecule is Cc1ccc(S(=O)(=O)N[C@@H](c2ccc(Cl)cc2)c2ccccc2Br)cc1. The van der Waals surface area contributed by atoms with Crippen molar-refractivity contribution in [1.29, 1.82) is 0 Å². The van der Waals surface area contributed by atoms with E-state index >= 15 is 0 Å². The van der Waals surface area contributed by atoms with Crippen molar-refractivity contribution in [2.24, 2.45) is 0 Å². The van der Waals surface area contributed by atoms with Gasteiger partial charge in [0.2, 0.25) is 10.0 Å². The molecule has 0 aliphatic carbocycles. The molecule has 3 nitrogen and oxygen atoms in total. The van der Waals surface area contributed by atoms with E-state index in [-0.39, 0.29) is 4.90 Å². The first kappa shape index (κ1) is 19.1. The number of sulfonamides is 1. The van der Waals surface area contributed by atoms with Crippen LogP contribution in [0.1, 0.15) is 22.7 Å². The highest BCUT2D eigenvalue weighted by Crippen LogP contribution is 2.30. The Morgan fingerprint density at radius 2 is 1.54 bits per heavy atom. The number of aryl methyl sites for hydroxylation is 1. The first-order chi connectivity index (χ1) is 12.4. The predicted molar refractivity (Wildman–Crippen MR) is 109 cm³/mol. The fourth-order valence-electron chi connectivity index (χ4n) is 2.62. The van der Waals surface area contributed by atoms with E-state index in [4.69, 9.17) is 11.6 Å². The second-order valence-electron chi connectivity index (χ2n) is 5.94. The number of nitrogens with one attached hydrogen (secondary N) is 1. The summed E-state index contributed by atoms with van der Waals surface area (Å²) in [6, 6.07) is 20.9. The van der Waals surface area contributed by atoms with Gasteiger partial charge in [0.25, 0.3) is 0 Å². The molecule has 6 heteroatoms. The van der Waals surface area contributed by atoms with Gasteiger partial charge in [-0.3, -0.25) is 0 Å². The van der Waals surface area contributed by atoms with Crippen LogP contribution in [0.25, 0.3) is 0 Å². The highest BCUT2D eigenvalue weighted by atomic mass is 79.9. The van der Waals surface area contributed by atoms with Crippen molar-refractivity contribution < 1.29 is 8.42 Å². The number of hydrogen-bond acceptors (Lipinski definition) is 2. The first-order valence-electron chi connectivity index (χ1n) is 7.96. The minimum absolute atomic E-state index is 0.231. The molecule has 0 aliphatic rings. The van der Waals surface area contributed by atoms with Crippen LogP contribution >= 0.6 is 27.5 Å². The molecule has 1 atom stereocenters. The van der Waals surface area contributed by atoms with Crippen LogP contribution in [0.4, 0.5) is 0 Å². The van der Waals surface area contributed by atoms with Crippen LogP contribution in [0.5, 0.6) is 0 Å². The van der Waals surface area contributed by atoms with E-state index in [1.807, 2.05) is 43.3 Å². The number of benzene rings is 3. The molecule has 0 saturated heterocycles. The molecule has 134 valence electrons. The maximum atomic E-state index is 12.9. The van der Waals surface area contributed by atoms with Gasteiger partial charge in [-0.05, 0) is 48.4 Å². The van der Waals surface area contributed by atoms with E-state index < -0.39 is 16.1 Å². The molecular weight excluding hydrogens is 434 g/mol. The summed E-state index contributed by atoms with van der Waals surface area (Å²) in [5, 5.41) is 0.598. The largest absolute Gasteiger partial charge is 0.241 e. The summed E-state index contributed by atoms with van der Waals surface area (Å²) in [5.74, 6) is 0. The molecular formula is C20H17BrClNO2S. The summed E-state index contributed by atoms with van der Waals surface area (Å²) >= 11 is 9.51. The van der Waals surface area contributed by atoms with Gasteiger partial charge in [0.05, 0.1) is 10.9 Å². The van der Waals surface area contributed by atoms with Crippen molar-refractivity contribution in [3.63, 3.8) is 0 Å². The maximum Gasteiger partial charge on any atom is 0.241 e. The molecule has 26 heavy (non-hydrogen) atoms. The van der Waals surface area contributed by atoms with Crippen molar-refractivity contribution >= 4 is 37.6 Å². The van der Waals surface area contributed by atoms with Crippen molar-refractivity contribution in [3.8, 4) is 0 Å². The van der Waals surface area contributed by atoms with Crippen LogP contribution in [0.2, 0.25) is 5.02 Å². The Morgan fingerprint density at radius 1 is 0.923 bits per heavy atom. The Kier molecular flexibility index (Phi) is 5.82. The quantitative estimate of drug-likeness (QED) is 0.559. The lowest BCUT2D eigenvalue weighted by molar-refractivity contribution is 0.572. The molecule has 0 unspecified atom stereocenters. The zero-order chi connectivity index (χ0) is 18.7.